The Balaban J connectivity index is 3.63. The lowest BCUT2D eigenvalue weighted by Gasteiger charge is -2.21. The van der Waals surface area contributed by atoms with Crippen molar-refractivity contribution in [3.63, 3.8) is 0 Å². The van der Waals surface area contributed by atoms with E-state index in [0.29, 0.717) is 32.8 Å². The van der Waals surface area contributed by atoms with Crippen LogP contribution in [0.2, 0.25) is 0 Å². The Hall–Kier alpha value is 0.0800. The van der Waals surface area contributed by atoms with E-state index in [4.69, 9.17) is 26.0 Å². The summed E-state index contributed by atoms with van der Waals surface area (Å²) >= 11 is 5.53. The summed E-state index contributed by atoms with van der Waals surface area (Å²) in [5.74, 6) is 0.108. The van der Waals surface area contributed by atoms with Crippen LogP contribution in [0.25, 0.3) is 0 Å². The number of ether oxygens (including phenoxy) is 3. The molecule has 0 aromatic heterocycles. The molecule has 0 aliphatic rings. The number of nitrogens with one attached hydrogen (secondary N) is 1. The molecule has 6 nitrogen and oxygen atoms in total. The lowest BCUT2D eigenvalue weighted by molar-refractivity contribution is 0.0284. The first-order valence-corrected chi connectivity index (χ1v) is 8.75. The van der Waals surface area contributed by atoms with Crippen molar-refractivity contribution in [2.45, 2.75) is 25.8 Å². The highest BCUT2D eigenvalue weighted by Crippen LogP contribution is 2.11. The van der Waals surface area contributed by atoms with E-state index in [-0.39, 0.29) is 18.1 Å². The van der Waals surface area contributed by atoms with Crippen LogP contribution in [0.15, 0.2) is 0 Å². The molecule has 0 rings (SSSR count). The van der Waals surface area contributed by atoms with Crippen molar-refractivity contribution >= 4 is 21.6 Å². The van der Waals surface area contributed by atoms with E-state index in [1.165, 1.54) is 0 Å². The summed E-state index contributed by atoms with van der Waals surface area (Å²) in [6.45, 7) is 5.76. The van der Waals surface area contributed by atoms with Crippen molar-refractivity contribution in [2.75, 3.05) is 51.6 Å². The van der Waals surface area contributed by atoms with Crippen LogP contribution in [0.5, 0.6) is 0 Å². The molecule has 122 valence electrons. The zero-order valence-electron chi connectivity index (χ0n) is 12.5. The van der Waals surface area contributed by atoms with Gasteiger partial charge in [-0.25, -0.2) is 13.3 Å². The number of rotatable bonds is 13. The van der Waals surface area contributed by atoms with Crippen molar-refractivity contribution in [1.29, 1.82) is 0 Å². The molecule has 1 N–H and O–H groups in total. The summed E-state index contributed by atoms with van der Waals surface area (Å²) in [4.78, 5) is 2.56. The van der Waals surface area contributed by atoms with Gasteiger partial charge in [-0.05, 0) is 32.0 Å². The van der Waals surface area contributed by atoms with Crippen molar-refractivity contribution in [3.8, 4) is 0 Å². The molecular formula is C12H26ClNO5S. The number of sulfone groups is 1. The highest BCUT2D eigenvalue weighted by atomic mass is 35.5. The van der Waals surface area contributed by atoms with Gasteiger partial charge < -0.3 is 14.2 Å². The Kier molecular flexibility index (Phi) is 10.8. The first kappa shape index (κ1) is 20.1. The minimum Gasteiger partial charge on any atom is -0.382 e. The van der Waals surface area contributed by atoms with E-state index in [0.717, 1.165) is 0 Å². The van der Waals surface area contributed by atoms with E-state index in [1.807, 2.05) is 13.8 Å². The third-order valence-electron chi connectivity index (χ3n) is 2.64. The lowest BCUT2D eigenvalue weighted by Crippen LogP contribution is -2.35. The van der Waals surface area contributed by atoms with E-state index in [1.54, 1.807) is 7.11 Å². The van der Waals surface area contributed by atoms with Gasteiger partial charge in [0.25, 0.3) is 0 Å². The summed E-state index contributed by atoms with van der Waals surface area (Å²) in [5, 5.41) is 0. The van der Waals surface area contributed by atoms with E-state index < -0.39 is 15.4 Å². The molecule has 0 heterocycles. The highest BCUT2D eigenvalue weighted by molar-refractivity contribution is 7.91. The summed E-state index contributed by atoms with van der Waals surface area (Å²) in [7, 11) is -1.51. The molecule has 0 saturated heterocycles. The standard InChI is InChI=1S/C12H26ClNO5S/c1-12(2,14-13)4-10-20(15,16)11-9-19-8-7-18-6-5-17-3/h14H,4-11H2,1-3H3. The summed E-state index contributed by atoms with van der Waals surface area (Å²) in [6.07, 6.45) is 0.457. The molecule has 8 heteroatoms. The Morgan fingerprint density at radius 1 is 1.00 bits per heavy atom. The van der Waals surface area contributed by atoms with Crippen molar-refractivity contribution in [2.24, 2.45) is 0 Å². The molecule has 0 aliphatic heterocycles. The van der Waals surface area contributed by atoms with Crippen LogP contribution in [0.4, 0.5) is 0 Å². The van der Waals surface area contributed by atoms with Gasteiger partial charge in [-0.3, -0.25) is 0 Å². The van der Waals surface area contributed by atoms with Crippen LogP contribution in [-0.4, -0.2) is 65.6 Å². The molecule has 0 aliphatic carbocycles. The molecular weight excluding hydrogens is 306 g/mol. The minimum absolute atomic E-state index is 0.0173. The Morgan fingerprint density at radius 3 is 2.10 bits per heavy atom. The van der Waals surface area contributed by atoms with Crippen LogP contribution in [-0.2, 0) is 24.0 Å². The van der Waals surface area contributed by atoms with Crippen LogP contribution < -0.4 is 4.84 Å². The second kappa shape index (κ2) is 10.8. The van der Waals surface area contributed by atoms with Crippen LogP contribution in [0, 0.1) is 0 Å². The van der Waals surface area contributed by atoms with Gasteiger partial charge in [-0.2, -0.15) is 0 Å². The van der Waals surface area contributed by atoms with Crippen molar-refractivity contribution < 1.29 is 22.6 Å². The monoisotopic (exact) mass is 331 g/mol. The first-order valence-electron chi connectivity index (χ1n) is 6.55. The molecule has 0 radical (unpaired) electrons. The SMILES string of the molecule is COCCOCCOCCS(=O)(=O)CCC(C)(C)NCl. The Labute approximate surface area is 127 Å². The van der Waals surface area contributed by atoms with Crippen LogP contribution >= 0.6 is 11.8 Å². The average Bonchev–Trinajstić information content (AvgIpc) is 2.40. The number of hydrogen-bond acceptors (Lipinski definition) is 6. The zero-order valence-corrected chi connectivity index (χ0v) is 14.1. The normalized spacial score (nSPS) is 12.8. The number of methoxy groups -OCH3 is 1. The molecule has 0 bridgehead atoms. The third-order valence-corrected chi connectivity index (χ3v) is 4.76. The Morgan fingerprint density at radius 2 is 1.55 bits per heavy atom. The predicted octanol–water partition coefficient (Wildman–Crippen LogP) is 0.993. The summed E-state index contributed by atoms with van der Waals surface area (Å²) in [5.41, 5.74) is -0.398. The van der Waals surface area contributed by atoms with Gasteiger partial charge in [0.2, 0.25) is 0 Å². The van der Waals surface area contributed by atoms with Gasteiger partial charge in [-0.15, -0.1) is 0 Å². The maximum absolute atomic E-state index is 11.8. The molecule has 0 fully saturated rings. The topological polar surface area (TPSA) is 73.9 Å². The van der Waals surface area contributed by atoms with Crippen LogP contribution in [0.3, 0.4) is 0 Å². The van der Waals surface area contributed by atoms with Gasteiger partial charge >= 0.3 is 0 Å². The molecule has 0 unspecified atom stereocenters. The largest absolute Gasteiger partial charge is 0.382 e. The first-order chi connectivity index (χ1) is 9.33. The average molecular weight is 332 g/mol. The maximum Gasteiger partial charge on any atom is 0.152 e. The minimum atomic E-state index is -3.11. The molecule has 0 aromatic rings. The summed E-state index contributed by atoms with van der Waals surface area (Å²) in [6, 6.07) is 0. The molecule has 0 saturated carbocycles. The summed E-state index contributed by atoms with van der Waals surface area (Å²) < 4.78 is 38.8. The van der Waals surface area contributed by atoms with E-state index in [2.05, 4.69) is 4.84 Å². The van der Waals surface area contributed by atoms with Crippen molar-refractivity contribution in [1.82, 2.24) is 4.84 Å². The fourth-order valence-electron chi connectivity index (χ4n) is 1.21. The quantitative estimate of drug-likeness (QED) is 0.401. The van der Waals surface area contributed by atoms with Gasteiger partial charge in [0, 0.05) is 12.6 Å². The second-order valence-electron chi connectivity index (χ2n) is 5.10. The molecule has 0 amide bonds. The molecule has 0 spiro atoms. The maximum atomic E-state index is 11.8. The highest BCUT2D eigenvalue weighted by Gasteiger charge is 2.20. The number of hydrogen-bond donors (Lipinski definition) is 1. The third kappa shape index (κ3) is 11.9. The van der Waals surface area contributed by atoms with Gasteiger partial charge in [0.15, 0.2) is 9.84 Å². The van der Waals surface area contributed by atoms with E-state index in [9.17, 15) is 8.42 Å². The van der Waals surface area contributed by atoms with Gasteiger partial charge in [0.1, 0.15) is 0 Å². The number of halogens is 1. The lowest BCUT2D eigenvalue weighted by atomic mass is 10.0. The molecule has 0 aromatic carbocycles. The predicted molar refractivity (Wildman–Crippen MR) is 79.9 cm³/mol. The smallest absolute Gasteiger partial charge is 0.152 e. The van der Waals surface area contributed by atoms with Gasteiger partial charge in [-0.1, -0.05) is 0 Å². The van der Waals surface area contributed by atoms with Crippen LogP contribution in [0.1, 0.15) is 20.3 Å². The van der Waals surface area contributed by atoms with Crippen molar-refractivity contribution in [3.05, 3.63) is 0 Å². The van der Waals surface area contributed by atoms with Gasteiger partial charge in [0.05, 0.1) is 44.5 Å². The Bertz CT molecular complexity index is 335. The molecule has 20 heavy (non-hydrogen) atoms. The zero-order chi connectivity index (χ0) is 15.5. The fraction of sp³-hybridized carbons (Fsp3) is 1.00. The fourth-order valence-corrected chi connectivity index (χ4v) is 2.70. The second-order valence-corrected chi connectivity index (χ2v) is 7.59. The van der Waals surface area contributed by atoms with E-state index >= 15 is 0 Å². The molecule has 0 atom stereocenters.